The lowest BCUT2D eigenvalue weighted by atomic mass is 9.82. The summed E-state index contributed by atoms with van der Waals surface area (Å²) in [4.78, 5) is 26.4. The molecule has 8 heteroatoms. The van der Waals surface area contributed by atoms with E-state index < -0.39 is 11.9 Å². The summed E-state index contributed by atoms with van der Waals surface area (Å²) in [6, 6.07) is 32.3. The average molecular weight is 580 g/mol. The minimum atomic E-state index is -0.689. The minimum Gasteiger partial charge on any atom is -0.457 e. The van der Waals surface area contributed by atoms with Crippen LogP contribution in [-0.2, 0) is 20.9 Å². The van der Waals surface area contributed by atoms with Gasteiger partial charge in [-0.1, -0.05) is 102 Å². The standard InChI is InChI=1S/C33H26ClN3O3S/c1-21-30(33(39)40-19-22-8-3-2-4-9-22)31(24-14-16-25(34)17-15-24)27(18-35)32(36-21)41-20-29(38)37-28-13-7-11-23-10-5-6-12-26(23)28/h2-17,31,36H,19-20H2,1H3,(H,37,38)/t31-/m0/s1. The third kappa shape index (κ3) is 6.46. The smallest absolute Gasteiger partial charge is 0.337 e. The highest BCUT2D eigenvalue weighted by atomic mass is 35.5. The number of fused-ring (bicyclic) bond motifs is 1. The van der Waals surface area contributed by atoms with Gasteiger partial charge in [0, 0.05) is 21.8 Å². The van der Waals surface area contributed by atoms with Crippen molar-refractivity contribution < 1.29 is 14.3 Å². The first kappa shape index (κ1) is 28.0. The Balaban J connectivity index is 1.39. The molecule has 1 atom stereocenters. The summed E-state index contributed by atoms with van der Waals surface area (Å²) in [5, 5.41) is 19.5. The summed E-state index contributed by atoms with van der Waals surface area (Å²) < 4.78 is 5.68. The molecule has 0 saturated heterocycles. The van der Waals surface area contributed by atoms with Gasteiger partial charge in [-0.25, -0.2) is 4.79 Å². The number of anilines is 1. The Morgan fingerprint density at radius 2 is 1.68 bits per heavy atom. The fourth-order valence-electron chi connectivity index (χ4n) is 4.74. The number of nitrogens with zero attached hydrogens (tertiary/aromatic N) is 1. The summed E-state index contributed by atoms with van der Waals surface area (Å²) in [5.74, 6) is -1.36. The van der Waals surface area contributed by atoms with Gasteiger partial charge >= 0.3 is 5.97 Å². The van der Waals surface area contributed by atoms with Gasteiger partial charge in [-0.05, 0) is 41.6 Å². The van der Waals surface area contributed by atoms with Crippen LogP contribution in [0.15, 0.2) is 119 Å². The highest BCUT2D eigenvalue weighted by Crippen LogP contribution is 2.41. The first-order valence-electron chi connectivity index (χ1n) is 12.9. The van der Waals surface area contributed by atoms with Crippen molar-refractivity contribution in [3.8, 4) is 6.07 Å². The molecule has 0 aliphatic carbocycles. The molecule has 0 spiro atoms. The van der Waals surface area contributed by atoms with Crippen LogP contribution in [0.2, 0.25) is 5.02 Å². The van der Waals surface area contributed by atoms with E-state index in [1.54, 1.807) is 31.2 Å². The maximum Gasteiger partial charge on any atom is 0.337 e. The van der Waals surface area contributed by atoms with E-state index in [4.69, 9.17) is 16.3 Å². The number of esters is 1. The molecule has 0 radical (unpaired) electrons. The molecule has 4 aromatic rings. The summed E-state index contributed by atoms with van der Waals surface area (Å²) in [5.41, 5.74) is 3.52. The van der Waals surface area contributed by atoms with Gasteiger partial charge in [0.05, 0.1) is 33.9 Å². The number of carbonyl (C=O) groups is 2. The van der Waals surface area contributed by atoms with Gasteiger partial charge in [0.25, 0.3) is 0 Å². The lowest BCUT2D eigenvalue weighted by Crippen LogP contribution is -2.29. The van der Waals surface area contributed by atoms with E-state index in [1.165, 1.54) is 11.8 Å². The van der Waals surface area contributed by atoms with E-state index in [1.807, 2.05) is 72.8 Å². The van der Waals surface area contributed by atoms with Crippen LogP contribution in [-0.4, -0.2) is 17.6 Å². The molecule has 204 valence electrons. The predicted molar refractivity (Wildman–Crippen MR) is 164 cm³/mol. The van der Waals surface area contributed by atoms with Crippen molar-refractivity contribution in [3.63, 3.8) is 0 Å². The van der Waals surface area contributed by atoms with Crippen molar-refractivity contribution in [1.82, 2.24) is 5.32 Å². The number of benzene rings is 4. The number of nitriles is 1. The Bertz CT molecular complexity index is 1700. The zero-order valence-corrected chi connectivity index (χ0v) is 23.8. The molecule has 5 rings (SSSR count). The van der Waals surface area contributed by atoms with Crippen LogP contribution in [0.4, 0.5) is 5.69 Å². The van der Waals surface area contributed by atoms with Crippen LogP contribution in [0.5, 0.6) is 0 Å². The monoisotopic (exact) mass is 579 g/mol. The van der Waals surface area contributed by atoms with Gasteiger partial charge in [-0.3, -0.25) is 4.79 Å². The van der Waals surface area contributed by atoms with E-state index in [0.717, 1.165) is 27.6 Å². The number of halogens is 1. The number of allylic oxidation sites excluding steroid dienone is 2. The third-order valence-electron chi connectivity index (χ3n) is 6.69. The van der Waals surface area contributed by atoms with Gasteiger partial charge in [0.2, 0.25) is 5.91 Å². The van der Waals surface area contributed by atoms with Gasteiger partial charge < -0.3 is 15.4 Å². The second-order valence-electron chi connectivity index (χ2n) is 9.43. The Labute approximate surface area is 247 Å². The Morgan fingerprint density at radius 1 is 0.976 bits per heavy atom. The second kappa shape index (κ2) is 12.8. The summed E-state index contributed by atoms with van der Waals surface area (Å²) in [6.45, 7) is 1.87. The van der Waals surface area contributed by atoms with Crippen molar-refractivity contribution >= 4 is 51.7 Å². The van der Waals surface area contributed by atoms with Crippen LogP contribution in [0.25, 0.3) is 10.8 Å². The Morgan fingerprint density at radius 3 is 2.44 bits per heavy atom. The zero-order valence-electron chi connectivity index (χ0n) is 22.2. The molecule has 1 aliphatic heterocycles. The maximum atomic E-state index is 13.4. The molecule has 0 fully saturated rings. The first-order chi connectivity index (χ1) is 19.9. The van der Waals surface area contributed by atoms with Crippen molar-refractivity contribution in [3.05, 3.63) is 135 Å². The zero-order chi connectivity index (χ0) is 28.8. The quantitative estimate of drug-likeness (QED) is 0.213. The number of hydrogen-bond acceptors (Lipinski definition) is 6. The van der Waals surface area contributed by atoms with E-state index in [0.29, 0.717) is 26.9 Å². The number of carbonyl (C=O) groups excluding carboxylic acids is 2. The summed E-state index contributed by atoms with van der Waals surface area (Å²) in [6.07, 6.45) is 0. The Hall–Kier alpha value is -4.51. The number of nitrogens with one attached hydrogen (secondary N) is 2. The lowest BCUT2D eigenvalue weighted by molar-refractivity contribution is -0.140. The molecule has 4 aromatic carbocycles. The fourth-order valence-corrected chi connectivity index (χ4v) is 5.76. The van der Waals surface area contributed by atoms with Crippen molar-refractivity contribution in [1.29, 1.82) is 5.26 Å². The molecule has 41 heavy (non-hydrogen) atoms. The van der Waals surface area contributed by atoms with Crippen LogP contribution >= 0.6 is 23.4 Å². The number of amides is 1. The van der Waals surface area contributed by atoms with Gasteiger partial charge in [-0.15, -0.1) is 0 Å². The molecule has 0 aromatic heterocycles. The fraction of sp³-hybridized carbons (Fsp3) is 0.121. The minimum absolute atomic E-state index is 0.0607. The van der Waals surface area contributed by atoms with Crippen molar-refractivity contribution in [2.24, 2.45) is 0 Å². The molecule has 0 unspecified atom stereocenters. The molecule has 1 aliphatic rings. The van der Waals surface area contributed by atoms with Gasteiger partial charge in [-0.2, -0.15) is 5.26 Å². The molecule has 1 heterocycles. The normalized spacial score (nSPS) is 14.8. The van der Waals surface area contributed by atoms with Crippen molar-refractivity contribution in [2.75, 3.05) is 11.1 Å². The van der Waals surface area contributed by atoms with Gasteiger partial charge in [0.1, 0.15) is 6.61 Å². The van der Waals surface area contributed by atoms with E-state index in [-0.39, 0.29) is 18.3 Å². The second-order valence-corrected chi connectivity index (χ2v) is 10.9. The van der Waals surface area contributed by atoms with E-state index in [9.17, 15) is 14.9 Å². The number of rotatable bonds is 8. The summed E-state index contributed by atoms with van der Waals surface area (Å²) in [7, 11) is 0. The SMILES string of the molecule is CC1=C(C(=O)OCc2ccccc2)[C@@H](c2ccc(Cl)cc2)C(C#N)=C(SCC(=O)Nc2cccc3ccccc23)N1. The Kier molecular flexibility index (Phi) is 8.73. The highest BCUT2D eigenvalue weighted by molar-refractivity contribution is 8.03. The maximum absolute atomic E-state index is 13.4. The molecular weight excluding hydrogens is 554 g/mol. The molecule has 6 nitrogen and oxygen atoms in total. The first-order valence-corrected chi connectivity index (χ1v) is 14.3. The lowest BCUT2D eigenvalue weighted by Gasteiger charge is -2.29. The predicted octanol–water partition coefficient (Wildman–Crippen LogP) is 7.30. The topological polar surface area (TPSA) is 91.2 Å². The number of thioether (sulfide) groups is 1. The molecular formula is C33H26ClN3O3S. The van der Waals surface area contributed by atoms with Crippen molar-refractivity contribution in [2.45, 2.75) is 19.4 Å². The molecule has 0 saturated carbocycles. The summed E-state index contributed by atoms with van der Waals surface area (Å²) >= 11 is 7.35. The van der Waals surface area contributed by atoms with Gasteiger partial charge in [0.15, 0.2) is 0 Å². The molecule has 2 N–H and O–H groups in total. The number of hydrogen-bond donors (Lipinski definition) is 2. The average Bonchev–Trinajstić information content (AvgIpc) is 2.99. The molecule has 1 amide bonds. The third-order valence-corrected chi connectivity index (χ3v) is 7.96. The van der Waals surface area contributed by atoms with Crippen LogP contribution in [0.3, 0.4) is 0 Å². The van der Waals surface area contributed by atoms with Crippen LogP contribution < -0.4 is 10.6 Å². The van der Waals surface area contributed by atoms with Crippen LogP contribution in [0.1, 0.15) is 24.0 Å². The number of ether oxygens (including phenoxy) is 1. The molecule has 0 bridgehead atoms. The number of dihydropyridines is 1. The van der Waals surface area contributed by atoms with Crippen LogP contribution in [0, 0.1) is 11.3 Å². The highest BCUT2D eigenvalue weighted by Gasteiger charge is 2.35. The van der Waals surface area contributed by atoms with E-state index in [2.05, 4.69) is 16.7 Å². The van der Waals surface area contributed by atoms with E-state index >= 15 is 0 Å². The largest absolute Gasteiger partial charge is 0.457 e.